The van der Waals surface area contributed by atoms with Crippen molar-refractivity contribution in [3.8, 4) is 12.1 Å². The number of hydrogen-bond donors (Lipinski definition) is 1. The topological polar surface area (TPSA) is 96.0 Å². The summed E-state index contributed by atoms with van der Waals surface area (Å²) in [6.45, 7) is 2.47. The van der Waals surface area contributed by atoms with Gasteiger partial charge >= 0.3 is 0 Å². The number of nitrogens with zero attached hydrogens (tertiary/aromatic N) is 5. The molecule has 1 atom stereocenters. The van der Waals surface area contributed by atoms with Crippen molar-refractivity contribution in [3.05, 3.63) is 59.8 Å². The molecule has 0 spiro atoms. The molecule has 158 valence electrons. The molecule has 0 radical (unpaired) electrons. The van der Waals surface area contributed by atoms with Crippen LogP contribution in [0.1, 0.15) is 36.8 Å². The van der Waals surface area contributed by atoms with E-state index in [1.165, 1.54) is 5.56 Å². The molecule has 7 heteroatoms. The van der Waals surface area contributed by atoms with E-state index in [1.54, 1.807) is 17.2 Å². The van der Waals surface area contributed by atoms with Crippen LogP contribution in [-0.2, 0) is 10.3 Å². The van der Waals surface area contributed by atoms with E-state index in [-0.39, 0.29) is 24.0 Å². The first-order chi connectivity index (χ1) is 15.1. The zero-order chi connectivity index (χ0) is 21.7. The lowest BCUT2D eigenvalue weighted by atomic mass is 9.80. The summed E-state index contributed by atoms with van der Waals surface area (Å²) in [6.07, 6.45) is 4.91. The van der Waals surface area contributed by atoms with E-state index in [0.29, 0.717) is 12.1 Å². The number of carbonyl (C=O) groups excluding carboxylic acids is 1. The van der Waals surface area contributed by atoms with Crippen molar-refractivity contribution in [2.75, 3.05) is 31.1 Å². The molecule has 2 saturated heterocycles. The van der Waals surface area contributed by atoms with Gasteiger partial charge in [0.2, 0.25) is 5.91 Å². The molecule has 2 aliphatic rings. The quantitative estimate of drug-likeness (QED) is 0.808. The van der Waals surface area contributed by atoms with Gasteiger partial charge in [0.25, 0.3) is 0 Å². The van der Waals surface area contributed by atoms with Crippen LogP contribution in [0.4, 0.5) is 5.82 Å². The van der Waals surface area contributed by atoms with Crippen molar-refractivity contribution in [3.63, 3.8) is 0 Å². The van der Waals surface area contributed by atoms with Gasteiger partial charge in [-0.05, 0) is 43.4 Å². The van der Waals surface area contributed by atoms with Gasteiger partial charge in [-0.3, -0.25) is 10.1 Å². The Bertz CT molecular complexity index is 983. The van der Waals surface area contributed by atoms with E-state index >= 15 is 0 Å². The van der Waals surface area contributed by atoms with E-state index in [2.05, 4.69) is 39.5 Å². The molecule has 0 saturated carbocycles. The van der Waals surface area contributed by atoms with Gasteiger partial charge in [0, 0.05) is 31.4 Å². The number of pyridine rings is 1. The minimum absolute atomic E-state index is 0.00413. The van der Waals surface area contributed by atoms with Crippen molar-refractivity contribution in [2.24, 2.45) is 0 Å². The van der Waals surface area contributed by atoms with Crippen LogP contribution in [0.2, 0.25) is 0 Å². The molecule has 1 N–H and O–H groups in total. The largest absolute Gasteiger partial charge is 0.356 e. The smallest absolute Gasteiger partial charge is 0.237 e. The molecule has 2 aliphatic heterocycles. The number of nitriles is 2. The van der Waals surface area contributed by atoms with Gasteiger partial charge in [-0.2, -0.15) is 10.5 Å². The van der Waals surface area contributed by atoms with Crippen LogP contribution >= 0.6 is 0 Å². The number of piperidine rings is 1. The number of benzene rings is 1. The SMILES string of the molecule is N#Cc1ccc(N2CCC(NCC(=O)N3CCC[C@H]3C#N)(c3ccccc3)CC2)nc1. The Balaban J connectivity index is 1.47. The Labute approximate surface area is 182 Å². The second-order valence-corrected chi connectivity index (χ2v) is 8.18. The van der Waals surface area contributed by atoms with Crippen LogP contribution in [0.15, 0.2) is 48.7 Å². The van der Waals surface area contributed by atoms with Gasteiger partial charge in [-0.1, -0.05) is 30.3 Å². The van der Waals surface area contributed by atoms with Gasteiger partial charge in [-0.15, -0.1) is 0 Å². The standard InChI is InChI=1S/C24H26N6O/c25-15-19-8-9-22(27-17-19)29-13-10-24(11-14-29,20-5-2-1-3-6-20)28-18-23(31)30-12-4-7-21(30)16-26/h1-3,5-6,8-9,17,21,28H,4,7,10-14,18H2/t21-/m0/s1. The summed E-state index contributed by atoms with van der Waals surface area (Å²) in [5.41, 5.74) is 1.42. The number of carbonyl (C=O) groups is 1. The molecule has 0 bridgehead atoms. The number of anilines is 1. The maximum Gasteiger partial charge on any atom is 0.237 e. The maximum atomic E-state index is 12.8. The summed E-state index contributed by atoms with van der Waals surface area (Å²) >= 11 is 0. The second-order valence-electron chi connectivity index (χ2n) is 8.18. The van der Waals surface area contributed by atoms with E-state index in [4.69, 9.17) is 5.26 Å². The van der Waals surface area contributed by atoms with Crippen molar-refractivity contribution in [1.29, 1.82) is 10.5 Å². The number of rotatable bonds is 5. The van der Waals surface area contributed by atoms with Crippen LogP contribution < -0.4 is 10.2 Å². The summed E-state index contributed by atoms with van der Waals surface area (Å²) in [5, 5.41) is 21.9. The predicted molar refractivity (Wildman–Crippen MR) is 117 cm³/mol. The number of hydrogen-bond acceptors (Lipinski definition) is 6. The third-order valence-electron chi connectivity index (χ3n) is 6.44. The fourth-order valence-corrected chi connectivity index (χ4v) is 4.63. The molecule has 7 nitrogen and oxygen atoms in total. The summed E-state index contributed by atoms with van der Waals surface area (Å²) in [4.78, 5) is 21.2. The summed E-state index contributed by atoms with van der Waals surface area (Å²) in [7, 11) is 0. The lowest BCUT2D eigenvalue weighted by molar-refractivity contribution is -0.130. The van der Waals surface area contributed by atoms with Crippen molar-refractivity contribution in [1.82, 2.24) is 15.2 Å². The Kier molecular flexibility index (Phi) is 6.16. The number of amides is 1. The van der Waals surface area contributed by atoms with Gasteiger partial charge in [0.05, 0.1) is 18.2 Å². The minimum Gasteiger partial charge on any atom is -0.356 e. The summed E-state index contributed by atoms with van der Waals surface area (Å²) in [6, 6.07) is 18.0. The highest BCUT2D eigenvalue weighted by atomic mass is 16.2. The molecule has 1 amide bonds. The maximum absolute atomic E-state index is 12.8. The molecule has 0 unspecified atom stereocenters. The van der Waals surface area contributed by atoms with Crippen LogP contribution in [0.5, 0.6) is 0 Å². The average molecular weight is 415 g/mol. The molecule has 1 aromatic heterocycles. The highest BCUT2D eigenvalue weighted by Gasteiger charge is 2.37. The van der Waals surface area contributed by atoms with Crippen molar-refractivity contribution >= 4 is 11.7 Å². The van der Waals surface area contributed by atoms with E-state index in [9.17, 15) is 10.1 Å². The third kappa shape index (κ3) is 4.38. The molecule has 2 aromatic rings. The van der Waals surface area contributed by atoms with Crippen molar-refractivity contribution in [2.45, 2.75) is 37.3 Å². The van der Waals surface area contributed by atoms with Crippen LogP contribution in [0, 0.1) is 22.7 Å². The Hall–Kier alpha value is -3.42. The molecule has 0 aliphatic carbocycles. The first-order valence-electron chi connectivity index (χ1n) is 10.8. The number of likely N-dealkylation sites (tertiary alicyclic amines) is 1. The van der Waals surface area contributed by atoms with Gasteiger partial charge < -0.3 is 9.80 Å². The Morgan fingerprint density at radius 2 is 1.90 bits per heavy atom. The zero-order valence-electron chi connectivity index (χ0n) is 17.5. The van der Waals surface area contributed by atoms with Gasteiger partial charge in [0.1, 0.15) is 17.9 Å². The van der Waals surface area contributed by atoms with Crippen LogP contribution in [0.3, 0.4) is 0 Å². The molecule has 2 fully saturated rings. The molecular formula is C24H26N6O. The lowest BCUT2D eigenvalue weighted by Gasteiger charge is -2.43. The average Bonchev–Trinajstić information content (AvgIpc) is 3.33. The van der Waals surface area contributed by atoms with E-state index < -0.39 is 0 Å². The van der Waals surface area contributed by atoms with Gasteiger partial charge in [0.15, 0.2) is 0 Å². The fourth-order valence-electron chi connectivity index (χ4n) is 4.63. The fraction of sp³-hybridized carbons (Fsp3) is 0.417. The normalized spacial score (nSPS) is 20.1. The summed E-state index contributed by atoms with van der Waals surface area (Å²) < 4.78 is 0. The Morgan fingerprint density at radius 3 is 2.55 bits per heavy atom. The van der Waals surface area contributed by atoms with E-state index in [1.807, 2.05) is 24.3 Å². The highest BCUT2D eigenvalue weighted by Crippen LogP contribution is 2.34. The zero-order valence-corrected chi connectivity index (χ0v) is 17.5. The van der Waals surface area contributed by atoms with Crippen LogP contribution in [-0.4, -0.2) is 48.0 Å². The molecular weight excluding hydrogens is 388 g/mol. The van der Waals surface area contributed by atoms with E-state index in [0.717, 1.165) is 44.6 Å². The Morgan fingerprint density at radius 1 is 1.13 bits per heavy atom. The van der Waals surface area contributed by atoms with Crippen molar-refractivity contribution < 1.29 is 4.79 Å². The molecule has 4 rings (SSSR count). The molecule has 3 heterocycles. The van der Waals surface area contributed by atoms with Crippen LogP contribution in [0.25, 0.3) is 0 Å². The lowest BCUT2D eigenvalue weighted by Crippen LogP contribution is -2.54. The number of aromatic nitrogens is 1. The minimum atomic E-state index is -0.304. The van der Waals surface area contributed by atoms with Gasteiger partial charge in [-0.25, -0.2) is 4.98 Å². The molecule has 31 heavy (non-hydrogen) atoms. The predicted octanol–water partition coefficient (Wildman–Crippen LogP) is 2.55. The molecule has 1 aromatic carbocycles. The first-order valence-corrected chi connectivity index (χ1v) is 10.8. The second kappa shape index (κ2) is 9.16. The third-order valence-corrected chi connectivity index (χ3v) is 6.44. The first kappa shape index (κ1) is 20.8. The highest BCUT2D eigenvalue weighted by molar-refractivity contribution is 5.79. The number of nitrogens with one attached hydrogen (secondary N) is 1. The monoisotopic (exact) mass is 414 g/mol. The summed E-state index contributed by atoms with van der Waals surface area (Å²) in [5.74, 6) is 0.862.